The van der Waals surface area contributed by atoms with E-state index in [-0.39, 0.29) is 17.1 Å². The summed E-state index contributed by atoms with van der Waals surface area (Å²) in [5, 5.41) is 2.82. The Morgan fingerprint density at radius 2 is 1.58 bits per heavy atom. The highest BCUT2D eigenvalue weighted by Crippen LogP contribution is 2.33. The number of ether oxygens (including phenoxy) is 1. The number of alkyl halides is 3. The van der Waals surface area contributed by atoms with Crippen molar-refractivity contribution in [3.8, 4) is 5.75 Å². The molecular formula is C31H36F3N3O5S. The molecule has 1 atom stereocenters. The average Bonchev–Trinajstić information content (AvgIpc) is 2.93. The summed E-state index contributed by atoms with van der Waals surface area (Å²) in [6.45, 7) is 7.61. The summed E-state index contributed by atoms with van der Waals surface area (Å²) in [7, 11) is -3.05. The first kappa shape index (κ1) is 33.4. The standard InChI is InChI=1S/C31H36F3N3O5S/c1-21-13-15-27(16-14-21)43(40,41)37(25-11-8-10-24(18-25)31(32,33)34)20-28(38)36(22(2)29(39)35-30(3,4)5)19-23-9-7-12-26(17-23)42-6/h7-18,22H,19-20H2,1-6H3,(H,35,39)/t22-/m1/s1. The van der Waals surface area contributed by atoms with E-state index in [1.807, 2.05) is 0 Å². The number of carbonyl (C=O) groups is 2. The lowest BCUT2D eigenvalue weighted by Crippen LogP contribution is -2.54. The molecule has 0 bridgehead atoms. The van der Waals surface area contributed by atoms with Crippen molar-refractivity contribution in [2.45, 2.75) is 63.8 Å². The van der Waals surface area contributed by atoms with Gasteiger partial charge >= 0.3 is 6.18 Å². The highest BCUT2D eigenvalue weighted by atomic mass is 32.2. The van der Waals surface area contributed by atoms with E-state index in [1.165, 1.54) is 37.1 Å². The molecule has 2 amide bonds. The minimum Gasteiger partial charge on any atom is -0.497 e. The van der Waals surface area contributed by atoms with Crippen LogP contribution in [0.5, 0.6) is 5.75 Å². The van der Waals surface area contributed by atoms with Gasteiger partial charge in [0.05, 0.1) is 23.3 Å². The van der Waals surface area contributed by atoms with E-state index in [1.54, 1.807) is 64.1 Å². The van der Waals surface area contributed by atoms with Gasteiger partial charge in [0.1, 0.15) is 18.3 Å². The first-order chi connectivity index (χ1) is 19.9. The summed E-state index contributed by atoms with van der Waals surface area (Å²) in [6, 6.07) is 15.2. The molecule has 0 spiro atoms. The molecule has 0 aliphatic carbocycles. The first-order valence-corrected chi connectivity index (χ1v) is 14.9. The van der Waals surface area contributed by atoms with Gasteiger partial charge in [-0.25, -0.2) is 8.42 Å². The van der Waals surface area contributed by atoms with Crippen molar-refractivity contribution in [2.24, 2.45) is 0 Å². The Kier molecular flexibility index (Phi) is 10.2. The second-order valence-corrected chi connectivity index (χ2v) is 13.0. The lowest BCUT2D eigenvalue weighted by Gasteiger charge is -2.33. The molecule has 0 aliphatic heterocycles. The molecule has 0 saturated carbocycles. The van der Waals surface area contributed by atoms with Gasteiger partial charge in [-0.1, -0.05) is 35.9 Å². The van der Waals surface area contributed by atoms with E-state index in [9.17, 15) is 31.2 Å². The number of hydrogen-bond acceptors (Lipinski definition) is 5. The van der Waals surface area contributed by atoms with E-state index >= 15 is 0 Å². The Hall–Kier alpha value is -4.06. The van der Waals surface area contributed by atoms with Gasteiger partial charge in [0.25, 0.3) is 10.0 Å². The van der Waals surface area contributed by atoms with Gasteiger partial charge in [-0.2, -0.15) is 13.2 Å². The smallest absolute Gasteiger partial charge is 0.416 e. The van der Waals surface area contributed by atoms with Crippen LogP contribution in [-0.2, 0) is 32.3 Å². The maximum absolute atomic E-state index is 14.0. The number of carbonyl (C=O) groups excluding carboxylic acids is 2. The van der Waals surface area contributed by atoms with Gasteiger partial charge in [-0.3, -0.25) is 13.9 Å². The van der Waals surface area contributed by atoms with Crippen LogP contribution in [-0.4, -0.2) is 50.4 Å². The van der Waals surface area contributed by atoms with Crippen molar-refractivity contribution in [1.82, 2.24) is 10.2 Å². The van der Waals surface area contributed by atoms with Crippen molar-refractivity contribution < 1.29 is 35.9 Å². The van der Waals surface area contributed by atoms with E-state index in [0.717, 1.165) is 17.7 Å². The Labute approximate surface area is 250 Å². The molecule has 0 fully saturated rings. The topological polar surface area (TPSA) is 96.0 Å². The molecule has 0 radical (unpaired) electrons. The monoisotopic (exact) mass is 619 g/mol. The van der Waals surface area contributed by atoms with Crippen LogP contribution in [0, 0.1) is 6.92 Å². The molecule has 3 rings (SSSR count). The van der Waals surface area contributed by atoms with Crippen LogP contribution in [0.4, 0.5) is 18.9 Å². The summed E-state index contributed by atoms with van der Waals surface area (Å²) >= 11 is 0. The number of rotatable bonds is 10. The minimum absolute atomic E-state index is 0.101. The Morgan fingerprint density at radius 3 is 2.16 bits per heavy atom. The number of sulfonamides is 1. The quantitative estimate of drug-likeness (QED) is 0.321. The molecule has 0 saturated heterocycles. The highest BCUT2D eigenvalue weighted by molar-refractivity contribution is 7.92. The second-order valence-electron chi connectivity index (χ2n) is 11.2. The summed E-state index contributed by atoms with van der Waals surface area (Å²) in [6.07, 6.45) is -4.75. The third-order valence-electron chi connectivity index (χ3n) is 6.50. The molecule has 3 aromatic rings. The van der Waals surface area contributed by atoms with Crippen LogP contribution >= 0.6 is 0 Å². The maximum Gasteiger partial charge on any atom is 0.416 e. The molecule has 0 unspecified atom stereocenters. The Morgan fingerprint density at radius 1 is 0.953 bits per heavy atom. The van der Waals surface area contributed by atoms with Crippen molar-refractivity contribution in [3.63, 3.8) is 0 Å². The molecule has 8 nitrogen and oxygen atoms in total. The van der Waals surface area contributed by atoms with Crippen LogP contribution < -0.4 is 14.4 Å². The third-order valence-corrected chi connectivity index (χ3v) is 8.29. The number of nitrogens with one attached hydrogen (secondary N) is 1. The zero-order chi connectivity index (χ0) is 32.2. The van der Waals surface area contributed by atoms with Gasteiger partial charge < -0.3 is 15.0 Å². The van der Waals surface area contributed by atoms with Crippen LogP contribution in [0.3, 0.4) is 0 Å². The van der Waals surface area contributed by atoms with Gasteiger partial charge in [-0.05, 0) is 82.6 Å². The van der Waals surface area contributed by atoms with Crippen LogP contribution in [0.15, 0.2) is 77.7 Å². The lowest BCUT2D eigenvalue weighted by molar-refractivity contribution is -0.140. The number of amides is 2. The van der Waals surface area contributed by atoms with Crippen LogP contribution in [0.25, 0.3) is 0 Å². The zero-order valence-corrected chi connectivity index (χ0v) is 25.7. The van der Waals surface area contributed by atoms with Crippen molar-refractivity contribution >= 4 is 27.5 Å². The molecule has 12 heteroatoms. The number of nitrogens with zero attached hydrogens (tertiary/aromatic N) is 2. The van der Waals surface area contributed by atoms with E-state index in [2.05, 4.69) is 5.32 Å². The number of hydrogen-bond donors (Lipinski definition) is 1. The van der Waals surface area contributed by atoms with Crippen LogP contribution in [0.2, 0.25) is 0 Å². The Bertz CT molecular complexity index is 1550. The molecule has 0 aromatic heterocycles. The lowest BCUT2D eigenvalue weighted by atomic mass is 10.1. The van der Waals surface area contributed by atoms with Gasteiger partial charge in [0.15, 0.2) is 0 Å². The number of aryl methyl sites for hydroxylation is 1. The predicted octanol–water partition coefficient (Wildman–Crippen LogP) is 5.55. The third kappa shape index (κ3) is 8.73. The number of methoxy groups -OCH3 is 1. The molecule has 0 aliphatic rings. The van der Waals surface area contributed by atoms with Gasteiger partial charge in [0, 0.05) is 12.1 Å². The summed E-state index contributed by atoms with van der Waals surface area (Å²) < 4.78 is 74.5. The van der Waals surface area contributed by atoms with Gasteiger partial charge in [0.2, 0.25) is 11.8 Å². The fraction of sp³-hybridized carbons (Fsp3) is 0.355. The SMILES string of the molecule is COc1cccc(CN(C(=O)CN(c2cccc(C(F)(F)F)c2)S(=O)(=O)c2ccc(C)cc2)[C@H](C)C(=O)NC(C)(C)C)c1. The first-order valence-electron chi connectivity index (χ1n) is 13.4. The maximum atomic E-state index is 14.0. The van der Waals surface area contributed by atoms with Crippen molar-refractivity contribution in [3.05, 3.63) is 89.5 Å². The fourth-order valence-electron chi connectivity index (χ4n) is 4.23. The fourth-order valence-corrected chi connectivity index (χ4v) is 5.63. The minimum atomic E-state index is -4.75. The second kappa shape index (κ2) is 13.1. The van der Waals surface area contributed by atoms with E-state index in [0.29, 0.717) is 21.7 Å². The Balaban J connectivity index is 2.11. The van der Waals surface area contributed by atoms with Crippen molar-refractivity contribution in [2.75, 3.05) is 18.0 Å². The largest absolute Gasteiger partial charge is 0.497 e. The van der Waals surface area contributed by atoms with E-state index in [4.69, 9.17) is 4.74 Å². The molecule has 43 heavy (non-hydrogen) atoms. The molecular weight excluding hydrogens is 583 g/mol. The summed E-state index contributed by atoms with van der Waals surface area (Å²) in [5.74, 6) is -0.785. The summed E-state index contributed by atoms with van der Waals surface area (Å²) in [5.41, 5.74) is -0.696. The van der Waals surface area contributed by atoms with Crippen LogP contribution in [0.1, 0.15) is 44.4 Å². The molecule has 0 heterocycles. The van der Waals surface area contributed by atoms with Crippen molar-refractivity contribution in [1.29, 1.82) is 0 Å². The zero-order valence-electron chi connectivity index (χ0n) is 24.9. The van der Waals surface area contributed by atoms with Gasteiger partial charge in [-0.15, -0.1) is 0 Å². The van der Waals surface area contributed by atoms with E-state index < -0.39 is 51.7 Å². The number of anilines is 1. The molecule has 1 N–H and O–H groups in total. The average molecular weight is 620 g/mol. The normalized spacial score (nSPS) is 12.8. The number of halogens is 3. The molecule has 3 aromatic carbocycles. The predicted molar refractivity (Wildman–Crippen MR) is 158 cm³/mol. The highest BCUT2D eigenvalue weighted by Gasteiger charge is 2.35. The molecule has 232 valence electrons. The summed E-state index contributed by atoms with van der Waals surface area (Å²) in [4.78, 5) is 28.2. The number of benzene rings is 3.